The molecule has 0 aliphatic heterocycles. The van der Waals surface area contributed by atoms with Crippen molar-refractivity contribution >= 4 is 8.61 Å². The van der Waals surface area contributed by atoms with Gasteiger partial charge in [-0.1, -0.05) is 6.92 Å². The molecule has 0 spiro atoms. The monoisotopic (exact) mass is 105 g/mol. The van der Waals surface area contributed by atoms with Gasteiger partial charge in [-0.05, 0) is 6.42 Å². The molecule has 0 rings (SSSR count). The quantitative estimate of drug-likeness (QED) is 0.431. The summed E-state index contributed by atoms with van der Waals surface area (Å²) in [5.74, 6) is 0. The minimum atomic E-state index is 0.0454. The first-order valence-corrected chi connectivity index (χ1v) is 2.78. The molecule has 0 aliphatic rings. The first-order chi connectivity index (χ1) is 2.91. The van der Waals surface area contributed by atoms with Gasteiger partial charge in [0.15, 0.2) is 0 Å². The van der Waals surface area contributed by atoms with E-state index in [1.807, 2.05) is 6.92 Å². The zero-order chi connectivity index (χ0) is 4.83. The highest BCUT2D eigenvalue weighted by Crippen LogP contribution is 1.79. The number of rotatable bonds is 3. The average Bonchev–Trinajstić information content (AvgIpc) is 1.61. The molecular formula is C3H8NOP. The maximum absolute atomic E-state index is 9.55. The summed E-state index contributed by atoms with van der Waals surface area (Å²) in [5.41, 5.74) is 0. The molecule has 0 aromatic carbocycles. The van der Waals surface area contributed by atoms with E-state index in [9.17, 15) is 4.57 Å². The van der Waals surface area contributed by atoms with Crippen molar-refractivity contribution in [3.63, 3.8) is 0 Å². The van der Waals surface area contributed by atoms with E-state index in [0.29, 0.717) is 0 Å². The zero-order valence-corrected chi connectivity index (χ0v) is 4.66. The fourth-order valence-electron chi connectivity index (χ4n) is 0.157. The molecule has 0 atom stereocenters. The molecule has 3 heteroatoms. The van der Waals surface area contributed by atoms with Crippen LogP contribution < -0.4 is 5.09 Å². The molecule has 0 bridgehead atoms. The first-order valence-electron chi connectivity index (χ1n) is 1.97. The van der Waals surface area contributed by atoms with E-state index in [1.54, 1.807) is 0 Å². The Morgan fingerprint density at radius 3 is 2.67 bits per heavy atom. The molecule has 0 saturated carbocycles. The molecule has 2 nitrogen and oxygen atoms in total. The highest BCUT2D eigenvalue weighted by atomic mass is 31.1. The Hall–Kier alpha value is 0.0600. The van der Waals surface area contributed by atoms with Crippen molar-refractivity contribution in [2.75, 3.05) is 6.54 Å². The van der Waals surface area contributed by atoms with Crippen molar-refractivity contribution in [2.24, 2.45) is 0 Å². The van der Waals surface area contributed by atoms with Crippen LogP contribution in [0.1, 0.15) is 13.3 Å². The average molecular weight is 105 g/mol. The Kier molecular flexibility index (Phi) is 5.11. The molecule has 0 saturated heterocycles. The van der Waals surface area contributed by atoms with Gasteiger partial charge in [0.25, 0.3) is 0 Å². The standard InChI is InChI=1S/C3H8NOP/c1-2-3-4-6-5/h2-3H2,1H3,(H,4,5). The molecule has 0 aromatic rings. The normalized spacial score (nSPS) is 9.50. The van der Waals surface area contributed by atoms with Crippen LogP contribution in [0, 0.1) is 0 Å². The summed E-state index contributed by atoms with van der Waals surface area (Å²) in [6, 6.07) is 0. The molecule has 0 amide bonds. The molecule has 0 aromatic heterocycles. The van der Waals surface area contributed by atoms with E-state index in [1.165, 1.54) is 0 Å². The van der Waals surface area contributed by atoms with Gasteiger partial charge >= 0.3 is 0 Å². The lowest BCUT2D eigenvalue weighted by atomic mass is 10.5. The fourth-order valence-corrected chi connectivity index (χ4v) is 0.472. The van der Waals surface area contributed by atoms with E-state index in [-0.39, 0.29) is 8.61 Å². The van der Waals surface area contributed by atoms with Crippen molar-refractivity contribution < 1.29 is 4.57 Å². The Morgan fingerprint density at radius 2 is 2.50 bits per heavy atom. The van der Waals surface area contributed by atoms with Crippen molar-refractivity contribution in [1.82, 2.24) is 5.09 Å². The largest absolute Gasteiger partial charge is 0.256 e. The second-order valence-electron chi connectivity index (χ2n) is 0.999. The van der Waals surface area contributed by atoms with Crippen LogP contribution in [0.4, 0.5) is 0 Å². The van der Waals surface area contributed by atoms with Crippen LogP contribution in [-0.4, -0.2) is 6.54 Å². The van der Waals surface area contributed by atoms with Gasteiger partial charge in [-0.2, -0.15) is 0 Å². The number of hydrogen-bond donors (Lipinski definition) is 1. The maximum atomic E-state index is 9.55. The summed E-state index contributed by atoms with van der Waals surface area (Å²) >= 11 is 0. The summed E-state index contributed by atoms with van der Waals surface area (Å²) in [7, 11) is 0.0454. The van der Waals surface area contributed by atoms with E-state index >= 15 is 0 Å². The van der Waals surface area contributed by atoms with E-state index in [4.69, 9.17) is 0 Å². The SMILES string of the molecule is CCCNP=O. The van der Waals surface area contributed by atoms with Gasteiger partial charge in [-0.3, -0.25) is 4.57 Å². The van der Waals surface area contributed by atoms with E-state index in [2.05, 4.69) is 5.09 Å². The Morgan fingerprint density at radius 1 is 1.83 bits per heavy atom. The lowest BCUT2D eigenvalue weighted by Crippen LogP contribution is -1.97. The summed E-state index contributed by atoms with van der Waals surface area (Å²) in [5, 5.41) is 2.61. The molecular weight excluding hydrogens is 97.0 g/mol. The molecule has 6 heavy (non-hydrogen) atoms. The van der Waals surface area contributed by atoms with Gasteiger partial charge in [0.1, 0.15) is 0 Å². The predicted molar refractivity (Wildman–Crippen MR) is 25.9 cm³/mol. The minimum Gasteiger partial charge on any atom is -0.256 e. The van der Waals surface area contributed by atoms with Crippen LogP contribution in [0.15, 0.2) is 0 Å². The molecule has 0 aliphatic carbocycles. The van der Waals surface area contributed by atoms with Gasteiger partial charge in [0.05, 0.1) is 0 Å². The third-order valence-electron chi connectivity index (χ3n) is 0.426. The predicted octanol–water partition coefficient (Wildman–Crippen LogP) is 1.19. The summed E-state index contributed by atoms with van der Waals surface area (Å²) in [6.07, 6.45) is 1.04. The molecule has 0 heterocycles. The highest BCUT2D eigenvalue weighted by Gasteiger charge is 1.72. The van der Waals surface area contributed by atoms with Crippen LogP contribution in [0.25, 0.3) is 0 Å². The van der Waals surface area contributed by atoms with Crippen molar-refractivity contribution in [3.05, 3.63) is 0 Å². The smallest absolute Gasteiger partial charge is 0.245 e. The molecule has 0 fully saturated rings. The van der Waals surface area contributed by atoms with Gasteiger partial charge in [0.2, 0.25) is 8.61 Å². The molecule has 1 N–H and O–H groups in total. The topological polar surface area (TPSA) is 29.1 Å². The first kappa shape index (κ1) is 6.06. The second-order valence-corrected chi connectivity index (χ2v) is 1.50. The molecule has 0 unspecified atom stereocenters. The van der Waals surface area contributed by atoms with E-state index in [0.717, 1.165) is 13.0 Å². The maximum Gasteiger partial charge on any atom is 0.245 e. The van der Waals surface area contributed by atoms with Crippen LogP contribution in [0.5, 0.6) is 0 Å². The third-order valence-corrected chi connectivity index (χ3v) is 0.779. The van der Waals surface area contributed by atoms with Crippen LogP contribution >= 0.6 is 8.61 Å². The fraction of sp³-hybridized carbons (Fsp3) is 1.00. The van der Waals surface area contributed by atoms with Gasteiger partial charge in [-0.15, -0.1) is 0 Å². The third kappa shape index (κ3) is 4.06. The molecule has 36 valence electrons. The van der Waals surface area contributed by atoms with Crippen LogP contribution in [0.3, 0.4) is 0 Å². The minimum absolute atomic E-state index is 0.0454. The van der Waals surface area contributed by atoms with Gasteiger partial charge in [0, 0.05) is 6.54 Å². The van der Waals surface area contributed by atoms with Crippen LogP contribution in [0.2, 0.25) is 0 Å². The van der Waals surface area contributed by atoms with Crippen molar-refractivity contribution in [3.8, 4) is 0 Å². The van der Waals surface area contributed by atoms with E-state index < -0.39 is 0 Å². The summed E-state index contributed by atoms with van der Waals surface area (Å²) in [6.45, 7) is 2.86. The van der Waals surface area contributed by atoms with Crippen molar-refractivity contribution in [2.45, 2.75) is 13.3 Å². The lowest BCUT2D eigenvalue weighted by molar-refractivity contribution is 0.591. The number of hydrogen-bond acceptors (Lipinski definition) is 1. The zero-order valence-electron chi connectivity index (χ0n) is 3.77. The van der Waals surface area contributed by atoms with Gasteiger partial charge in [-0.25, -0.2) is 5.09 Å². The lowest BCUT2D eigenvalue weighted by Gasteiger charge is -1.82. The van der Waals surface area contributed by atoms with Crippen LogP contribution in [-0.2, 0) is 4.57 Å². The van der Waals surface area contributed by atoms with Gasteiger partial charge < -0.3 is 0 Å². The summed E-state index contributed by atoms with van der Waals surface area (Å²) in [4.78, 5) is 0. The highest BCUT2D eigenvalue weighted by molar-refractivity contribution is 7.21. The number of nitrogens with one attached hydrogen (secondary N) is 1. The molecule has 0 radical (unpaired) electrons. The Labute approximate surface area is 39.2 Å². The summed E-state index contributed by atoms with van der Waals surface area (Å²) < 4.78 is 9.55. The Balaban J connectivity index is 2.49. The van der Waals surface area contributed by atoms with Crippen molar-refractivity contribution in [1.29, 1.82) is 0 Å². The Bertz CT molecular complexity index is 39.8. The second kappa shape index (κ2) is 5.06.